The molecule has 0 aromatic heterocycles. The Hall–Kier alpha value is -2.43. The van der Waals surface area contributed by atoms with E-state index in [0.29, 0.717) is 6.42 Å². The molecular formula is C35H47F3N2O3. The van der Waals surface area contributed by atoms with Crippen molar-refractivity contribution in [3.8, 4) is 6.07 Å². The van der Waals surface area contributed by atoms with Crippen LogP contribution >= 0.6 is 0 Å². The van der Waals surface area contributed by atoms with E-state index < -0.39 is 29.5 Å². The number of nitriles is 1. The number of nitrogens with one attached hydrogen (secondary N) is 1. The first-order valence-corrected chi connectivity index (χ1v) is 15.9. The quantitative estimate of drug-likeness (QED) is 0.359. The normalized spacial score (nSPS) is 41.4. The van der Waals surface area contributed by atoms with Gasteiger partial charge in [0.25, 0.3) is 0 Å². The summed E-state index contributed by atoms with van der Waals surface area (Å²) in [5.41, 5.74) is -1.07. The summed E-state index contributed by atoms with van der Waals surface area (Å²) in [7, 11) is 0. The molecule has 0 spiro atoms. The molecular weight excluding hydrogens is 553 g/mol. The number of fused-ring (bicyclic) bond motifs is 7. The van der Waals surface area contributed by atoms with Gasteiger partial charge in [0.2, 0.25) is 5.91 Å². The Labute approximate surface area is 254 Å². The maximum Gasteiger partial charge on any atom is 0.405 e. The second kappa shape index (κ2) is 9.78. The van der Waals surface area contributed by atoms with E-state index in [1.807, 2.05) is 31.3 Å². The Morgan fingerprint density at radius 2 is 1.67 bits per heavy atom. The summed E-state index contributed by atoms with van der Waals surface area (Å²) in [6, 6.07) is 2.15. The molecule has 5 rings (SSSR count). The Morgan fingerprint density at radius 1 is 1.02 bits per heavy atom. The lowest BCUT2D eigenvalue weighted by atomic mass is 9.34. The number of halogens is 3. The van der Waals surface area contributed by atoms with Crippen LogP contribution in [-0.4, -0.2) is 30.2 Å². The first-order chi connectivity index (χ1) is 19.7. The number of carbonyl (C=O) groups is 3. The highest BCUT2D eigenvalue weighted by Crippen LogP contribution is 2.75. The average molecular weight is 601 g/mol. The van der Waals surface area contributed by atoms with Crippen LogP contribution in [-0.2, 0) is 14.4 Å². The van der Waals surface area contributed by atoms with Crippen molar-refractivity contribution in [3.05, 3.63) is 23.3 Å². The zero-order valence-electron chi connectivity index (χ0n) is 26.8. The fourth-order valence-corrected chi connectivity index (χ4v) is 10.8. The molecule has 1 amide bonds. The molecule has 8 heteroatoms. The van der Waals surface area contributed by atoms with Gasteiger partial charge in [-0.2, -0.15) is 18.4 Å². The maximum absolute atomic E-state index is 14.6. The number of alkyl halides is 3. The Balaban J connectivity index is 1.55. The molecule has 0 bridgehead atoms. The lowest BCUT2D eigenvalue weighted by molar-refractivity contribution is -0.173. The summed E-state index contributed by atoms with van der Waals surface area (Å²) in [6.45, 7) is 13.7. The minimum atomic E-state index is -4.45. The van der Waals surface area contributed by atoms with Crippen LogP contribution in [0.25, 0.3) is 0 Å². The lowest BCUT2D eigenvalue weighted by Crippen LogP contribution is -2.64. The zero-order chi connectivity index (χ0) is 32.0. The van der Waals surface area contributed by atoms with Crippen LogP contribution in [0.3, 0.4) is 0 Å². The first-order valence-electron chi connectivity index (χ1n) is 15.9. The molecule has 3 unspecified atom stereocenters. The fraction of sp³-hybridized carbons (Fsp3) is 0.771. The predicted octanol–water partition coefficient (Wildman–Crippen LogP) is 7.66. The van der Waals surface area contributed by atoms with Crippen molar-refractivity contribution in [2.24, 2.45) is 50.2 Å². The van der Waals surface area contributed by atoms with Gasteiger partial charge in [-0.3, -0.25) is 14.4 Å². The molecule has 0 aliphatic heterocycles. The van der Waals surface area contributed by atoms with Gasteiger partial charge >= 0.3 is 6.18 Å². The number of Topliss-reactive ketones (excluding diaryl/α,β-unsaturated/α-hetero) is 1. The van der Waals surface area contributed by atoms with E-state index in [-0.39, 0.29) is 63.0 Å². The maximum atomic E-state index is 14.6. The summed E-state index contributed by atoms with van der Waals surface area (Å²) in [4.78, 5) is 40.3. The van der Waals surface area contributed by atoms with E-state index in [0.717, 1.165) is 50.5 Å². The molecule has 0 aromatic carbocycles. The third kappa shape index (κ3) is 4.74. The van der Waals surface area contributed by atoms with Crippen molar-refractivity contribution in [2.75, 3.05) is 6.54 Å². The summed E-state index contributed by atoms with van der Waals surface area (Å²) >= 11 is 0. The topological polar surface area (TPSA) is 87.0 Å². The van der Waals surface area contributed by atoms with E-state index in [4.69, 9.17) is 0 Å². The smallest absolute Gasteiger partial charge is 0.347 e. The van der Waals surface area contributed by atoms with Crippen molar-refractivity contribution >= 4 is 17.5 Å². The highest BCUT2D eigenvalue weighted by Gasteiger charge is 2.69. The minimum Gasteiger partial charge on any atom is -0.347 e. The Kier molecular flexibility index (Phi) is 7.28. The lowest BCUT2D eigenvalue weighted by Gasteiger charge is -2.69. The van der Waals surface area contributed by atoms with E-state index in [2.05, 4.69) is 40.7 Å². The average Bonchev–Trinajstić information content (AvgIpc) is 2.89. The summed E-state index contributed by atoms with van der Waals surface area (Å²) in [5.74, 6) is -0.888. The number of hydrogen-bond donors (Lipinski definition) is 1. The van der Waals surface area contributed by atoms with E-state index in [1.165, 1.54) is 0 Å². The number of nitrogens with zero attached hydrogens (tertiary/aromatic N) is 1. The third-order valence-electron chi connectivity index (χ3n) is 13.4. The van der Waals surface area contributed by atoms with Gasteiger partial charge in [-0.15, -0.1) is 0 Å². The third-order valence-corrected chi connectivity index (χ3v) is 13.4. The number of amides is 1. The van der Waals surface area contributed by atoms with Crippen molar-refractivity contribution < 1.29 is 27.6 Å². The van der Waals surface area contributed by atoms with Crippen molar-refractivity contribution in [2.45, 2.75) is 112 Å². The van der Waals surface area contributed by atoms with Crippen LogP contribution < -0.4 is 5.32 Å². The van der Waals surface area contributed by atoms with Gasteiger partial charge in [0.15, 0.2) is 11.6 Å². The highest BCUT2D eigenvalue weighted by molar-refractivity contribution is 6.04. The van der Waals surface area contributed by atoms with Crippen LogP contribution in [0.2, 0.25) is 0 Å². The summed E-state index contributed by atoms with van der Waals surface area (Å²) < 4.78 is 38.2. The van der Waals surface area contributed by atoms with Crippen LogP contribution in [0.1, 0.15) is 106 Å². The fourth-order valence-electron chi connectivity index (χ4n) is 10.8. The van der Waals surface area contributed by atoms with Crippen molar-refractivity contribution in [3.63, 3.8) is 0 Å². The SMILES string of the molecule is CC1(C)CC[C@]2(CCC(=O)NCC(F)(F)F)CC[C@]3(C)C(C(=O)C=C4[C@@]5(C)C=C(C#N)C(=O)C(C)(C)C5CC[C@]43C)C2C1. The molecule has 5 aliphatic carbocycles. The molecule has 236 valence electrons. The van der Waals surface area contributed by atoms with Crippen molar-refractivity contribution in [1.82, 2.24) is 5.32 Å². The molecule has 0 heterocycles. The van der Waals surface area contributed by atoms with Crippen LogP contribution in [0, 0.1) is 61.6 Å². The number of hydrogen-bond acceptors (Lipinski definition) is 4. The van der Waals surface area contributed by atoms with Gasteiger partial charge in [-0.25, -0.2) is 0 Å². The summed E-state index contributed by atoms with van der Waals surface area (Å²) in [5, 5.41) is 12.0. The van der Waals surface area contributed by atoms with E-state index >= 15 is 0 Å². The minimum absolute atomic E-state index is 0.0119. The molecule has 5 aliphatic rings. The van der Waals surface area contributed by atoms with E-state index in [9.17, 15) is 32.8 Å². The number of rotatable bonds is 4. The van der Waals surface area contributed by atoms with Crippen LogP contribution in [0.4, 0.5) is 13.2 Å². The Morgan fingerprint density at radius 3 is 2.30 bits per heavy atom. The zero-order valence-corrected chi connectivity index (χ0v) is 26.8. The Bertz CT molecular complexity index is 1350. The molecule has 0 radical (unpaired) electrons. The first kappa shape index (κ1) is 32.0. The van der Waals surface area contributed by atoms with Gasteiger partial charge in [-0.05, 0) is 90.9 Å². The van der Waals surface area contributed by atoms with Crippen molar-refractivity contribution in [1.29, 1.82) is 5.26 Å². The monoisotopic (exact) mass is 600 g/mol. The molecule has 7 atom stereocenters. The molecule has 43 heavy (non-hydrogen) atoms. The number of ketones is 2. The van der Waals surface area contributed by atoms with Gasteiger partial charge < -0.3 is 5.32 Å². The predicted molar refractivity (Wildman–Crippen MR) is 157 cm³/mol. The molecule has 3 fully saturated rings. The highest BCUT2D eigenvalue weighted by atomic mass is 19.4. The van der Waals surface area contributed by atoms with Gasteiger partial charge in [0.1, 0.15) is 12.6 Å². The molecule has 0 aromatic rings. The van der Waals surface area contributed by atoms with Gasteiger partial charge in [0, 0.05) is 23.2 Å². The largest absolute Gasteiger partial charge is 0.405 e. The molecule has 3 saturated carbocycles. The van der Waals surface area contributed by atoms with Gasteiger partial charge in [-0.1, -0.05) is 60.1 Å². The summed E-state index contributed by atoms with van der Waals surface area (Å²) in [6.07, 6.45) is 5.68. The number of allylic oxidation sites excluding steroid dienone is 4. The standard InChI is InChI=1S/C35H47F3N2O3/c1-29(2)12-14-34(11-9-26(42)40-20-35(36,37)38)15-13-33(7)27(22(34)18-29)23(41)16-25-31(5)17-21(19-39)28(43)30(3,4)24(31)8-10-32(25,33)6/h16-17,22,24,27H,8-15,18,20H2,1-7H3,(H,40,42)/t22?,24?,27?,31-,32+,33+,34+/m0/s1. The second-order valence-corrected chi connectivity index (χ2v) is 16.5. The molecule has 5 nitrogen and oxygen atoms in total. The van der Waals surface area contributed by atoms with Crippen LogP contribution in [0.15, 0.2) is 23.3 Å². The second-order valence-electron chi connectivity index (χ2n) is 16.5. The number of carbonyl (C=O) groups excluding carboxylic acids is 3. The van der Waals surface area contributed by atoms with Gasteiger partial charge in [0.05, 0.1) is 5.57 Å². The van der Waals surface area contributed by atoms with Crippen LogP contribution in [0.5, 0.6) is 0 Å². The molecule has 1 N–H and O–H groups in total. The van der Waals surface area contributed by atoms with E-state index in [1.54, 1.807) is 0 Å². The molecule has 0 saturated heterocycles.